The Hall–Kier alpha value is -0.940. The topological polar surface area (TPSA) is 54.2 Å². The highest BCUT2D eigenvalue weighted by molar-refractivity contribution is 5.00. The van der Waals surface area contributed by atoms with E-state index in [2.05, 4.69) is 23.4 Å². The van der Waals surface area contributed by atoms with Crippen LogP contribution >= 0.6 is 0 Å². The molecular weight excluding hydrogens is 264 g/mol. The van der Waals surface area contributed by atoms with Crippen LogP contribution in [0.15, 0.2) is 0 Å². The minimum atomic E-state index is 0.270. The number of aryl methyl sites for hydroxylation is 1. The summed E-state index contributed by atoms with van der Waals surface area (Å²) in [4.78, 5) is 7.36. The lowest BCUT2D eigenvalue weighted by molar-refractivity contribution is 0.110. The summed E-state index contributed by atoms with van der Waals surface area (Å²) >= 11 is 0. The Bertz CT molecular complexity index is 471. The Morgan fingerprint density at radius 2 is 2.10 bits per heavy atom. The van der Waals surface area contributed by atoms with Crippen molar-refractivity contribution < 1.29 is 5.11 Å². The molecule has 0 saturated carbocycles. The molecule has 2 aliphatic rings. The summed E-state index contributed by atoms with van der Waals surface area (Å²) in [6.45, 7) is 6.96. The monoisotopic (exact) mass is 292 g/mol. The molecule has 1 N–H and O–H groups in total. The molecule has 5 nitrogen and oxygen atoms in total. The molecule has 1 aromatic heterocycles. The molecule has 1 fully saturated rings. The van der Waals surface area contributed by atoms with E-state index in [1.807, 2.05) is 0 Å². The Morgan fingerprint density at radius 1 is 1.24 bits per heavy atom. The normalized spacial score (nSPS) is 27.0. The van der Waals surface area contributed by atoms with Gasteiger partial charge >= 0.3 is 0 Å². The average Bonchev–Trinajstić information content (AvgIpc) is 2.88. The van der Waals surface area contributed by atoms with Gasteiger partial charge in [-0.2, -0.15) is 5.10 Å². The summed E-state index contributed by atoms with van der Waals surface area (Å²) in [6.07, 6.45) is 6.78. The highest BCUT2D eigenvalue weighted by Crippen LogP contribution is 2.23. The van der Waals surface area contributed by atoms with Crippen LogP contribution in [0.1, 0.15) is 51.2 Å². The van der Waals surface area contributed by atoms with Crippen LogP contribution < -0.4 is 0 Å². The lowest BCUT2D eigenvalue weighted by Crippen LogP contribution is -2.45. The maximum atomic E-state index is 9.32. The molecule has 5 heteroatoms. The second-order valence-electron chi connectivity index (χ2n) is 6.89. The van der Waals surface area contributed by atoms with E-state index in [-0.39, 0.29) is 6.61 Å². The number of likely N-dealkylation sites (tertiary alicyclic amines) is 1. The highest BCUT2D eigenvalue weighted by Gasteiger charge is 2.27. The van der Waals surface area contributed by atoms with Crippen LogP contribution in [0.25, 0.3) is 0 Å². The first-order valence-corrected chi connectivity index (χ1v) is 8.46. The van der Waals surface area contributed by atoms with Gasteiger partial charge in [0, 0.05) is 38.1 Å². The van der Waals surface area contributed by atoms with Crippen molar-refractivity contribution in [2.75, 3.05) is 13.2 Å². The third kappa shape index (κ3) is 3.29. The Kier molecular flexibility index (Phi) is 4.60. The van der Waals surface area contributed by atoms with Crippen LogP contribution in [0, 0.1) is 5.92 Å². The first-order valence-electron chi connectivity index (χ1n) is 8.46. The van der Waals surface area contributed by atoms with E-state index in [1.165, 1.54) is 25.8 Å². The molecule has 3 heterocycles. The van der Waals surface area contributed by atoms with Gasteiger partial charge in [0.25, 0.3) is 0 Å². The molecule has 0 aromatic carbocycles. The molecule has 0 radical (unpaired) electrons. The van der Waals surface area contributed by atoms with Crippen molar-refractivity contribution in [2.24, 2.45) is 5.92 Å². The van der Waals surface area contributed by atoms with Crippen molar-refractivity contribution in [1.29, 1.82) is 0 Å². The zero-order chi connectivity index (χ0) is 14.8. The van der Waals surface area contributed by atoms with Crippen LogP contribution in [0.4, 0.5) is 0 Å². The predicted molar refractivity (Wildman–Crippen MR) is 82.1 cm³/mol. The van der Waals surface area contributed by atoms with E-state index in [0.29, 0.717) is 18.0 Å². The summed E-state index contributed by atoms with van der Waals surface area (Å²) in [5.41, 5.74) is 0. The number of rotatable bonds is 4. The van der Waals surface area contributed by atoms with Crippen molar-refractivity contribution in [3.05, 3.63) is 11.6 Å². The molecule has 1 aromatic rings. The SMILES string of the molecule is CC(C)N1CCCCC1Cc1nc2n(n1)CCC(CO)C2. The van der Waals surface area contributed by atoms with Gasteiger partial charge in [-0.25, -0.2) is 9.67 Å². The van der Waals surface area contributed by atoms with E-state index in [0.717, 1.165) is 37.5 Å². The smallest absolute Gasteiger partial charge is 0.152 e. The van der Waals surface area contributed by atoms with Gasteiger partial charge in [-0.15, -0.1) is 0 Å². The summed E-state index contributed by atoms with van der Waals surface area (Å²) in [6, 6.07) is 1.20. The lowest BCUT2D eigenvalue weighted by Gasteiger charge is -2.38. The zero-order valence-corrected chi connectivity index (χ0v) is 13.3. The van der Waals surface area contributed by atoms with Crippen molar-refractivity contribution >= 4 is 0 Å². The van der Waals surface area contributed by atoms with Crippen molar-refractivity contribution in [3.63, 3.8) is 0 Å². The first-order chi connectivity index (χ1) is 10.2. The van der Waals surface area contributed by atoms with Gasteiger partial charge in [0.05, 0.1) is 0 Å². The second kappa shape index (κ2) is 6.44. The predicted octanol–water partition coefficient (Wildman–Crippen LogP) is 1.64. The molecular formula is C16H28N4O. The number of hydrogen-bond donors (Lipinski definition) is 1. The van der Waals surface area contributed by atoms with Gasteiger partial charge in [-0.3, -0.25) is 4.90 Å². The molecule has 2 atom stereocenters. The van der Waals surface area contributed by atoms with E-state index in [1.54, 1.807) is 0 Å². The molecule has 21 heavy (non-hydrogen) atoms. The van der Waals surface area contributed by atoms with Crippen LogP contribution in [-0.4, -0.2) is 50.0 Å². The third-order valence-corrected chi connectivity index (χ3v) is 5.02. The third-order valence-electron chi connectivity index (χ3n) is 5.02. The molecule has 0 bridgehead atoms. The Balaban J connectivity index is 1.69. The minimum absolute atomic E-state index is 0.270. The molecule has 0 aliphatic carbocycles. The van der Waals surface area contributed by atoms with Crippen molar-refractivity contribution in [1.82, 2.24) is 19.7 Å². The quantitative estimate of drug-likeness (QED) is 0.916. The molecule has 0 spiro atoms. The number of aliphatic hydroxyl groups excluding tert-OH is 1. The van der Waals surface area contributed by atoms with Crippen molar-refractivity contribution in [3.8, 4) is 0 Å². The van der Waals surface area contributed by atoms with Crippen LogP contribution in [0.3, 0.4) is 0 Å². The van der Waals surface area contributed by atoms with Gasteiger partial charge in [0.2, 0.25) is 0 Å². The molecule has 2 aliphatic heterocycles. The second-order valence-corrected chi connectivity index (χ2v) is 6.89. The van der Waals surface area contributed by atoms with Gasteiger partial charge in [-0.05, 0) is 45.6 Å². The summed E-state index contributed by atoms with van der Waals surface area (Å²) in [5.74, 6) is 2.44. The maximum absolute atomic E-state index is 9.32. The first kappa shape index (κ1) is 15.0. The number of hydrogen-bond acceptors (Lipinski definition) is 4. The van der Waals surface area contributed by atoms with Gasteiger partial charge in [0.15, 0.2) is 5.82 Å². The molecule has 3 rings (SSSR count). The zero-order valence-electron chi connectivity index (χ0n) is 13.3. The van der Waals surface area contributed by atoms with E-state index >= 15 is 0 Å². The standard InChI is InChI=1S/C16H28N4O/c1-12(2)19-7-4-3-5-14(19)10-15-17-16-9-13(11-21)6-8-20(16)18-15/h12-14,21H,3-11H2,1-2H3. The molecule has 0 amide bonds. The number of aromatic nitrogens is 3. The number of piperidine rings is 1. The largest absolute Gasteiger partial charge is 0.396 e. The summed E-state index contributed by atoms with van der Waals surface area (Å²) in [5, 5.41) is 14.0. The average molecular weight is 292 g/mol. The van der Waals surface area contributed by atoms with E-state index in [9.17, 15) is 5.11 Å². The van der Waals surface area contributed by atoms with Gasteiger partial charge in [-0.1, -0.05) is 6.42 Å². The number of fused-ring (bicyclic) bond motifs is 1. The molecule has 1 saturated heterocycles. The fourth-order valence-electron chi connectivity index (χ4n) is 3.80. The summed E-state index contributed by atoms with van der Waals surface area (Å²) < 4.78 is 2.06. The van der Waals surface area contributed by atoms with Crippen LogP contribution in [0.2, 0.25) is 0 Å². The van der Waals surface area contributed by atoms with E-state index in [4.69, 9.17) is 10.1 Å². The Labute approximate surface area is 127 Å². The van der Waals surface area contributed by atoms with E-state index < -0.39 is 0 Å². The summed E-state index contributed by atoms with van der Waals surface area (Å²) in [7, 11) is 0. The Morgan fingerprint density at radius 3 is 2.86 bits per heavy atom. The number of nitrogens with zero attached hydrogens (tertiary/aromatic N) is 4. The maximum Gasteiger partial charge on any atom is 0.152 e. The molecule has 118 valence electrons. The number of aliphatic hydroxyl groups is 1. The van der Waals surface area contributed by atoms with Crippen LogP contribution in [0.5, 0.6) is 0 Å². The fraction of sp³-hybridized carbons (Fsp3) is 0.875. The molecule has 2 unspecified atom stereocenters. The van der Waals surface area contributed by atoms with Crippen LogP contribution in [-0.2, 0) is 19.4 Å². The minimum Gasteiger partial charge on any atom is -0.396 e. The van der Waals surface area contributed by atoms with Gasteiger partial charge < -0.3 is 5.11 Å². The van der Waals surface area contributed by atoms with Gasteiger partial charge in [0.1, 0.15) is 5.82 Å². The highest BCUT2D eigenvalue weighted by atomic mass is 16.3. The van der Waals surface area contributed by atoms with Crippen molar-refractivity contribution in [2.45, 2.75) is 71.0 Å². The lowest BCUT2D eigenvalue weighted by atomic mass is 9.97. The fourth-order valence-corrected chi connectivity index (χ4v) is 3.80.